The molecule has 10 heteroatoms. The molecule has 29 heavy (non-hydrogen) atoms. The summed E-state index contributed by atoms with van der Waals surface area (Å²) in [4.78, 5) is 12.5. The maximum Gasteiger partial charge on any atom is 0.243 e. The molecule has 0 radical (unpaired) electrons. The lowest BCUT2D eigenvalue weighted by molar-refractivity contribution is -0.114. The van der Waals surface area contributed by atoms with E-state index in [9.17, 15) is 13.2 Å². The summed E-state index contributed by atoms with van der Waals surface area (Å²) in [6.07, 6.45) is 0. The second-order valence-electron chi connectivity index (χ2n) is 6.36. The van der Waals surface area contributed by atoms with Crippen LogP contribution in [0.25, 0.3) is 0 Å². The lowest BCUT2D eigenvalue weighted by Gasteiger charge is -2.16. The van der Waals surface area contributed by atoms with Gasteiger partial charge in [0.2, 0.25) is 15.9 Å². The highest BCUT2D eigenvalue weighted by atomic mass is 35.5. The quantitative estimate of drug-likeness (QED) is 0.653. The molecule has 0 fully saturated rings. The second kappa shape index (κ2) is 9.34. The van der Waals surface area contributed by atoms with Gasteiger partial charge in [0.05, 0.1) is 36.4 Å². The number of aryl methyl sites for hydroxylation is 1. The molecule has 2 N–H and O–H groups in total. The number of halogens is 1. The van der Waals surface area contributed by atoms with Crippen LogP contribution in [0.2, 0.25) is 5.02 Å². The molecular formula is C19H24ClN3O5S. The van der Waals surface area contributed by atoms with Crippen molar-refractivity contribution in [3.63, 3.8) is 0 Å². The van der Waals surface area contributed by atoms with Crippen LogP contribution in [0, 0.1) is 6.92 Å². The van der Waals surface area contributed by atoms with Gasteiger partial charge in [0.1, 0.15) is 11.5 Å². The van der Waals surface area contributed by atoms with E-state index in [-0.39, 0.29) is 17.3 Å². The average molecular weight is 442 g/mol. The van der Waals surface area contributed by atoms with Crippen molar-refractivity contribution in [1.29, 1.82) is 0 Å². The molecule has 0 aliphatic rings. The maximum absolute atomic E-state index is 12.4. The van der Waals surface area contributed by atoms with E-state index >= 15 is 0 Å². The first kappa shape index (κ1) is 22.8. The van der Waals surface area contributed by atoms with Gasteiger partial charge in [-0.1, -0.05) is 17.7 Å². The van der Waals surface area contributed by atoms with E-state index in [4.69, 9.17) is 21.1 Å². The molecule has 0 spiro atoms. The number of hydrogen-bond donors (Lipinski definition) is 2. The Morgan fingerprint density at radius 3 is 2.34 bits per heavy atom. The summed E-state index contributed by atoms with van der Waals surface area (Å²) in [5.41, 5.74) is 1.50. The number of amides is 1. The van der Waals surface area contributed by atoms with Crippen molar-refractivity contribution in [1.82, 2.24) is 4.31 Å². The van der Waals surface area contributed by atoms with Crippen LogP contribution in [0.4, 0.5) is 11.4 Å². The molecule has 8 nitrogen and oxygen atoms in total. The van der Waals surface area contributed by atoms with Gasteiger partial charge in [-0.05, 0) is 24.6 Å². The number of anilines is 2. The highest BCUT2D eigenvalue weighted by Crippen LogP contribution is 2.35. The molecule has 2 rings (SSSR count). The number of carbonyl (C=O) groups excluding carboxylic acids is 1. The van der Waals surface area contributed by atoms with E-state index in [0.29, 0.717) is 33.5 Å². The highest BCUT2D eigenvalue weighted by molar-refractivity contribution is 7.89. The second-order valence-corrected chi connectivity index (χ2v) is 8.88. The predicted octanol–water partition coefficient (Wildman–Crippen LogP) is 2.97. The SMILES string of the molecule is COc1cc(NCC(=O)Nc2ccc(C)c(S(=O)(=O)N(C)C)c2)c(OC)cc1Cl. The Hall–Kier alpha value is -2.49. The van der Waals surface area contributed by atoms with E-state index < -0.39 is 10.0 Å². The number of ether oxygens (including phenoxy) is 2. The zero-order valence-electron chi connectivity index (χ0n) is 16.9. The van der Waals surface area contributed by atoms with Crippen molar-refractivity contribution < 1.29 is 22.7 Å². The molecular weight excluding hydrogens is 418 g/mol. The van der Waals surface area contributed by atoms with Gasteiger partial charge in [0.25, 0.3) is 0 Å². The smallest absolute Gasteiger partial charge is 0.243 e. The average Bonchev–Trinajstić information content (AvgIpc) is 2.67. The Morgan fingerprint density at radius 1 is 1.10 bits per heavy atom. The van der Waals surface area contributed by atoms with E-state index in [0.717, 1.165) is 4.31 Å². The first-order chi connectivity index (χ1) is 13.6. The van der Waals surface area contributed by atoms with Crippen molar-refractivity contribution in [2.45, 2.75) is 11.8 Å². The summed E-state index contributed by atoms with van der Waals surface area (Å²) in [6.45, 7) is 1.62. The summed E-state index contributed by atoms with van der Waals surface area (Å²) in [5, 5.41) is 6.03. The van der Waals surface area contributed by atoms with Crippen molar-refractivity contribution in [3.05, 3.63) is 40.9 Å². The fourth-order valence-electron chi connectivity index (χ4n) is 2.53. The Balaban J connectivity index is 2.15. The normalized spacial score (nSPS) is 11.3. The number of rotatable bonds is 8. The van der Waals surface area contributed by atoms with Gasteiger partial charge >= 0.3 is 0 Å². The van der Waals surface area contributed by atoms with E-state index in [1.165, 1.54) is 34.4 Å². The number of benzene rings is 2. The minimum Gasteiger partial charge on any atom is -0.495 e. The molecule has 0 aliphatic carbocycles. The van der Waals surface area contributed by atoms with Gasteiger partial charge in [-0.25, -0.2) is 12.7 Å². The topological polar surface area (TPSA) is 97.0 Å². The van der Waals surface area contributed by atoms with Crippen LogP contribution >= 0.6 is 11.6 Å². The van der Waals surface area contributed by atoms with Crippen LogP contribution in [0.15, 0.2) is 35.2 Å². The number of methoxy groups -OCH3 is 2. The third-order valence-corrected chi connectivity index (χ3v) is 6.40. The van der Waals surface area contributed by atoms with Crippen LogP contribution in [0.1, 0.15) is 5.56 Å². The monoisotopic (exact) mass is 441 g/mol. The lowest BCUT2D eigenvalue weighted by Crippen LogP contribution is -2.24. The third-order valence-electron chi connectivity index (χ3n) is 4.14. The third kappa shape index (κ3) is 5.31. The standard InChI is InChI=1S/C19H24ClN3O5S/c1-12-6-7-13(8-18(12)29(25,26)23(2)3)22-19(24)11-21-15-10-16(27-4)14(20)9-17(15)28-5/h6-10,21H,11H2,1-5H3,(H,22,24). The van der Waals surface area contributed by atoms with Gasteiger partial charge in [-0.2, -0.15) is 0 Å². The van der Waals surface area contributed by atoms with Crippen LogP contribution in [-0.4, -0.2) is 53.5 Å². The summed E-state index contributed by atoms with van der Waals surface area (Å²) < 4.78 is 36.4. The molecule has 0 bridgehead atoms. The minimum atomic E-state index is -3.62. The minimum absolute atomic E-state index is 0.0786. The van der Waals surface area contributed by atoms with Gasteiger partial charge in [0, 0.05) is 31.9 Å². The van der Waals surface area contributed by atoms with Crippen molar-refractivity contribution in [2.75, 3.05) is 45.5 Å². The van der Waals surface area contributed by atoms with Gasteiger partial charge in [-0.3, -0.25) is 4.79 Å². The maximum atomic E-state index is 12.4. The summed E-state index contributed by atoms with van der Waals surface area (Å²) >= 11 is 6.07. The molecule has 0 saturated heterocycles. The summed E-state index contributed by atoms with van der Waals surface area (Å²) in [7, 11) is 2.27. The molecule has 0 atom stereocenters. The molecule has 0 heterocycles. The lowest BCUT2D eigenvalue weighted by atomic mass is 10.2. The molecule has 0 aliphatic heterocycles. The fraction of sp³-hybridized carbons (Fsp3) is 0.316. The molecule has 2 aromatic carbocycles. The van der Waals surface area contributed by atoms with Crippen LogP contribution < -0.4 is 20.1 Å². The van der Waals surface area contributed by atoms with Crippen molar-refractivity contribution >= 4 is 38.9 Å². The summed E-state index contributed by atoms with van der Waals surface area (Å²) in [5.74, 6) is 0.531. The first-order valence-corrected chi connectivity index (χ1v) is 10.4. The molecule has 0 unspecified atom stereocenters. The first-order valence-electron chi connectivity index (χ1n) is 8.58. The van der Waals surface area contributed by atoms with Crippen LogP contribution in [0.3, 0.4) is 0 Å². The molecule has 0 aromatic heterocycles. The Morgan fingerprint density at radius 2 is 1.76 bits per heavy atom. The summed E-state index contributed by atoms with van der Waals surface area (Å²) in [6, 6.07) is 7.94. The van der Waals surface area contributed by atoms with E-state index in [1.54, 1.807) is 31.2 Å². The molecule has 1 amide bonds. The number of hydrogen-bond acceptors (Lipinski definition) is 6. The van der Waals surface area contributed by atoms with E-state index in [1.807, 2.05) is 0 Å². The Labute approximate surface area is 175 Å². The fourth-order valence-corrected chi connectivity index (χ4v) is 3.91. The van der Waals surface area contributed by atoms with Crippen molar-refractivity contribution in [3.8, 4) is 11.5 Å². The van der Waals surface area contributed by atoms with Crippen LogP contribution in [-0.2, 0) is 14.8 Å². The van der Waals surface area contributed by atoms with Gasteiger partial charge in [-0.15, -0.1) is 0 Å². The molecule has 2 aromatic rings. The number of carbonyl (C=O) groups is 1. The number of nitrogens with zero attached hydrogens (tertiary/aromatic N) is 1. The van der Waals surface area contributed by atoms with Gasteiger partial charge < -0.3 is 20.1 Å². The molecule has 0 saturated carbocycles. The van der Waals surface area contributed by atoms with E-state index in [2.05, 4.69) is 10.6 Å². The van der Waals surface area contributed by atoms with Crippen molar-refractivity contribution in [2.24, 2.45) is 0 Å². The van der Waals surface area contributed by atoms with Gasteiger partial charge in [0.15, 0.2) is 0 Å². The Bertz CT molecular complexity index is 1010. The molecule has 158 valence electrons. The predicted molar refractivity (Wildman–Crippen MR) is 114 cm³/mol. The number of sulfonamides is 1. The zero-order valence-corrected chi connectivity index (χ0v) is 18.4. The number of nitrogens with one attached hydrogen (secondary N) is 2. The Kier molecular flexibility index (Phi) is 7.34. The zero-order chi connectivity index (χ0) is 21.8. The highest BCUT2D eigenvalue weighted by Gasteiger charge is 2.20. The largest absolute Gasteiger partial charge is 0.495 e. The van der Waals surface area contributed by atoms with Crippen LogP contribution in [0.5, 0.6) is 11.5 Å².